The third kappa shape index (κ3) is 2.25. The van der Waals surface area contributed by atoms with Crippen LogP contribution in [0.4, 0.5) is 11.9 Å². The number of imidazole rings is 2. The van der Waals surface area contributed by atoms with Gasteiger partial charge >= 0.3 is 0 Å². The van der Waals surface area contributed by atoms with Gasteiger partial charge in [0.05, 0.1) is 22.1 Å². The number of hydrogen-bond donors (Lipinski definition) is 4. The molecule has 8 nitrogen and oxygen atoms in total. The van der Waals surface area contributed by atoms with Crippen LogP contribution in [0.1, 0.15) is 0 Å². The maximum Gasteiger partial charge on any atom is 0.214 e. The normalized spacial score (nSPS) is 10.4. The quantitative estimate of drug-likeness (QED) is 0.340. The highest BCUT2D eigenvalue weighted by atomic mass is 15.1. The van der Waals surface area contributed by atoms with Gasteiger partial charge in [0.15, 0.2) is 12.4 Å². The lowest BCUT2D eigenvalue weighted by Crippen LogP contribution is -1.87. The molecule has 0 fully saturated rings. The fourth-order valence-corrected chi connectivity index (χ4v) is 2.60. The summed E-state index contributed by atoms with van der Waals surface area (Å²) in [5, 5.41) is 22.3. The van der Waals surface area contributed by atoms with Gasteiger partial charge < -0.3 is 9.97 Å². The van der Waals surface area contributed by atoms with E-state index in [1.54, 1.807) is 0 Å². The molecule has 0 atom stereocenters. The highest BCUT2D eigenvalue weighted by Crippen LogP contribution is 2.27. The van der Waals surface area contributed by atoms with E-state index in [2.05, 4.69) is 30.6 Å². The molecule has 0 aliphatic heterocycles. The molecular formula is C16H10N8. The molecule has 0 amide bonds. The van der Waals surface area contributed by atoms with Crippen molar-refractivity contribution in [3.05, 3.63) is 36.4 Å². The third-order valence-electron chi connectivity index (χ3n) is 3.65. The highest BCUT2D eigenvalue weighted by molar-refractivity contribution is 5.87. The summed E-state index contributed by atoms with van der Waals surface area (Å²) < 4.78 is 0. The lowest BCUT2D eigenvalue weighted by molar-refractivity contribution is 1.30. The van der Waals surface area contributed by atoms with E-state index in [0.29, 0.717) is 11.9 Å². The number of hydrogen-bond acceptors (Lipinski definition) is 6. The number of aromatic nitrogens is 4. The Morgan fingerprint density at radius 1 is 0.750 bits per heavy atom. The smallest absolute Gasteiger partial charge is 0.214 e. The summed E-state index contributed by atoms with van der Waals surface area (Å²) in [6, 6.07) is 11.7. The van der Waals surface area contributed by atoms with Gasteiger partial charge in [-0.2, -0.15) is 10.5 Å². The van der Waals surface area contributed by atoms with E-state index in [4.69, 9.17) is 10.5 Å². The van der Waals surface area contributed by atoms with Crippen LogP contribution >= 0.6 is 0 Å². The minimum absolute atomic E-state index is 0.417. The van der Waals surface area contributed by atoms with Gasteiger partial charge in [0.25, 0.3) is 0 Å². The molecule has 24 heavy (non-hydrogen) atoms. The Morgan fingerprint density at radius 3 is 1.62 bits per heavy atom. The van der Waals surface area contributed by atoms with Crippen molar-refractivity contribution < 1.29 is 0 Å². The summed E-state index contributed by atoms with van der Waals surface area (Å²) in [6.07, 6.45) is 3.68. The molecule has 0 saturated heterocycles. The lowest BCUT2D eigenvalue weighted by atomic mass is 10.0. The van der Waals surface area contributed by atoms with Crippen molar-refractivity contribution in [2.75, 3.05) is 10.6 Å². The van der Waals surface area contributed by atoms with E-state index >= 15 is 0 Å². The van der Waals surface area contributed by atoms with Crippen LogP contribution in [0.25, 0.3) is 33.2 Å². The summed E-state index contributed by atoms with van der Waals surface area (Å²) in [6.45, 7) is 0. The number of benzene rings is 2. The van der Waals surface area contributed by atoms with Crippen LogP contribution in [0.3, 0.4) is 0 Å². The summed E-state index contributed by atoms with van der Waals surface area (Å²) in [4.78, 5) is 14.6. The standard InChI is InChI=1S/C16H10N8/c17-7-19-15-21-11-3-1-9(5-13(11)23-15)10-2-4-12-14(6-10)24-16(22-12)20-8-18/h1-6H,(H2,19,21,23)(H2,20,22,24). The van der Waals surface area contributed by atoms with E-state index in [0.717, 1.165) is 33.2 Å². The SMILES string of the molecule is N#CNc1nc2ccc(-c3ccc4nc(NC#N)[nH]c4c3)cc2[nH]1. The molecule has 2 heterocycles. The van der Waals surface area contributed by atoms with Gasteiger partial charge in [-0.15, -0.1) is 0 Å². The average molecular weight is 314 g/mol. The van der Waals surface area contributed by atoms with E-state index in [1.807, 2.05) is 48.8 Å². The number of anilines is 2. The zero-order valence-corrected chi connectivity index (χ0v) is 12.3. The minimum Gasteiger partial charge on any atom is -0.323 e. The number of nitrogens with zero attached hydrogens (tertiary/aromatic N) is 4. The monoisotopic (exact) mass is 314 g/mol. The second-order valence-electron chi connectivity index (χ2n) is 5.11. The molecular weight excluding hydrogens is 304 g/mol. The van der Waals surface area contributed by atoms with Crippen LogP contribution < -0.4 is 10.6 Å². The van der Waals surface area contributed by atoms with Crippen LogP contribution in [0.2, 0.25) is 0 Å². The Morgan fingerprint density at radius 2 is 1.21 bits per heavy atom. The van der Waals surface area contributed by atoms with Crippen molar-refractivity contribution >= 4 is 34.0 Å². The Kier molecular flexibility index (Phi) is 3.01. The maximum absolute atomic E-state index is 8.66. The molecule has 0 spiro atoms. The summed E-state index contributed by atoms with van der Waals surface area (Å²) >= 11 is 0. The summed E-state index contributed by atoms with van der Waals surface area (Å²) in [7, 11) is 0. The summed E-state index contributed by atoms with van der Waals surface area (Å²) in [5.41, 5.74) is 5.23. The molecule has 2 aromatic carbocycles. The van der Waals surface area contributed by atoms with Gasteiger partial charge in [-0.1, -0.05) is 12.1 Å². The topological polar surface area (TPSA) is 129 Å². The van der Waals surface area contributed by atoms with Gasteiger partial charge in [-0.25, -0.2) is 9.97 Å². The van der Waals surface area contributed by atoms with Crippen LogP contribution in [0, 0.1) is 22.9 Å². The Bertz CT molecular complexity index is 1050. The number of fused-ring (bicyclic) bond motifs is 2. The molecule has 0 bridgehead atoms. The fourth-order valence-electron chi connectivity index (χ4n) is 2.60. The van der Waals surface area contributed by atoms with Crippen LogP contribution in [0.15, 0.2) is 36.4 Å². The number of nitriles is 2. The molecule has 114 valence electrons. The zero-order chi connectivity index (χ0) is 16.5. The molecule has 8 heteroatoms. The Balaban J connectivity index is 1.77. The predicted octanol–water partition coefficient (Wildman–Crippen LogP) is 2.89. The third-order valence-corrected chi connectivity index (χ3v) is 3.65. The first-order chi connectivity index (χ1) is 11.8. The number of H-pyrrole nitrogens is 2. The van der Waals surface area contributed by atoms with E-state index in [-0.39, 0.29) is 0 Å². The Labute approximate surface area is 135 Å². The van der Waals surface area contributed by atoms with Gasteiger partial charge in [-0.05, 0) is 35.4 Å². The van der Waals surface area contributed by atoms with E-state index < -0.39 is 0 Å². The fraction of sp³-hybridized carbons (Fsp3) is 0. The first-order valence-corrected chi connectivity index (χ1v) is 7.07. The molecule has 0 radical (unpaired) electrons. The Hall–Kier alpha value is -4.04. The van der Waals surface area contributed by atoms with Crippen molar-refractivity contribution in [1.82, 2.24) is 19.9 Å². The van der Waals surface area contributed by atoms with Crippen LogP contribution in [-0.2, 0) is 0 Å². The number of nitrogens with one attached hydrogen (secondary N) is 4. The molecule has 0 aliphatic carbocycles. The van der Waals surface area contributed by atoms with E-state index in [1.165, 1.54) is 0 Å². The molecule has 0 saturated carbocycles. The first kappa shape index (κ1) is 13.6. The molecule has 2 aromatic heterocycles. The highest BCUT2D eigenvalue weighted by Gasteiger charge is 2.07. The average Bonchev–Trinajstić information content (AvgIpc) is 3.16. The van der Waals surface area contributed by atoms with Crippen LogP contribution in [-0.4, -0.2) is 19.9 Å². The maximum atomic E-state index is 8.66. The molecule has 4 rings (SSSR count). The number of rotatable bonds is 3. The molecule has 0 unspecified atom stereocenters. The zero-order valence-electron chi connectivity index (χ0n) is 12.3. The molecule has 4 N–H and O–H groups in total. The minimum atomic E-state index is 0.417. The predicted molar refractivity (Wildman–Crippen MR) is 89.7 cm³/mol. The van der Waals surface area contributed by atoms with Gasteiger partial charge in [-0.3, -0.25) is 10.6 Å². The second kappa shape index (κ2) is 5.30. The second-order valence-corrected chi connectivity index (χ2v) is 5.11. The van der Waals surface area contributed by atoms with Crippen molar-refractivity contribution in [2.45, 2.75) is 0 Å². The van der Waals surface area contributed by atoms with Crippen molar-refractivity contribution in [3.8, 4) is 23.5 Å². The molecule has 0 aliphatic rings. The lowest BCUT2D eigenvalue weighted by Gasteiger charge is -2.01. The van der Waals surface area contributed by atoms with Gasteiger partial charge in [0.1, 0.15) is 0 Å². The van der Waals surface area contributed by atoms with Crippen LogP contribution in [0.5, 0.6) is 0 Å². The largest absolute Gasteiger partial charge is 0.323 e. The van der Waals surface area contributed by atoms with E-state index in [9.17, 15) is 0 Å². The first-order valence-electron chi connectivity index (χ1n) is 7.07. The van der Waals surface area contributed by atoms with Crippen molar-refractivity contribution in [3.63, 3.8) is 0 Å². The van der Waals surface area contributed by atoms with Gasteiger partial charge in [0, 0.05) is 0 Å². The van der Waals surface area contributed by atoms with Gasteiger partial charge in [0.2, 0.25) is 11.9 Å². The van der Waals surface area contributed by atoms with Crippen molar-refractivity contribution in [1.29, 1.82) is 10.5 Å². The summed E-state index contributed by atoms with van der Waals surface area (Å²) in [5.74, 6) is 0.835. The van der Waals surface area contributed by atoms with Crippen molar-refractivity contribution in [2.24, 2.45) is 0 Å². The number of aromatic amines is 2. The molecule has 4 aromatic rings.